The molecule has 0 aliphatic carbocycles. The van der Waals surface area contributed by atoms with Gasteiger partial charge < -0.3 is 15.5 Å². The number of likely N-dealkylation sites (tertiary alicyclic amines) is 2. The van der Waals surface area contributed by atoms with Gasteiger partial charge in [-0.1, -0.05) is 37.6 Å². The lowest BCUT2D eigenvalue weighted by molar-refractivity contribution is -0.133. The number of amides is 3. The first-order valence-corrected chi connectivity index (χ1v) is 12.0. The molecule has 31 heavy (non-hydrogen) atoms. The Hall–Kier alpha value is -1.79. The van der Waals surface area contributed by atoms with Crippen molar-refractivity contribution in [1.29, 1.82) is 0 Å². The molecule has 2 aliphatic rings. The van der Waals surface area contributed by atoms with E-state index in [2.05, 4.69) is 18.7 Å². The van der Waals surface area contributed by atoms with E-state index in [0.29, 0.717) is 24.4 Å². The SMILES string of the molecule is CC(C)CN(C1CCN(C(N)=O)CC1)C1CCN(C(=O)CCc2ccc(Cl)cc2)CC1. The molecule has 0 unspecified atom stereocenters. The average Bonchev–Trinajstić information content (AvgIpc) is 2.77. The van der Waals surface area contributed by atoms with Crippen molar-refractivity contribution in [1.82, 2.24) is 14.7 Å². The number of halogens is 1. The monoisotopic (exact) mass is 448 g/mol. The highest BCUT2D eigenvalue weighted by atomic mass is 35.5. The van der Waals surface area contributed by atoms with E-state index < -0.39 is 0 Å². The van der Waals surface area contributed by atoms with Gasteiger partial charge in [0.25, 0.3) is 0 Å². The molecule has 2 fully saturated rings. The minimum absolute atomic E-state index is 0.249. The van der Waals surface area contributed by atoms with Crippen molar-refractivity contribution in [3.63, 3.8) is 0 Å². The molecule has 2 heterocycles. The van der Waals surface area contributed by atoms with Gasteiger partial charge in [0, 0.05) is 56.3 Å². The van der Waals surface area contributed by atoms with Crippen molar-refractivity contribution >= 4 is 23.5 Å². The Morgan fingerprint density at radius 1 is 1.00 bits per heavy atom. The maximum absolute atomic E-state index is 12.7. The Morgan fingerprint density at radius 2 is 1.52 bits per heavy atom. The number of piperidine rings is 2. The molecule has 0 radical (unpaired) electrons. The van der Waals surface area contributed by atoms with E-state index in [1.807, 2.05) is 29.2 Å². The van der Waals surface area contributed by atoms with E-state index in [9.17, 15) is 9.59 Å². The maximum atomic E-state index is 12.7. The van der Waals surface area contributed by atoms with Gasteiger partial charge in [0.15, 0.2) is 0 Å². The van der Waals surface area contributed by atoms with Gasteiger partial charge in [0.2, 0.25) is 5.91 Å². The molecule has 2 N–H and O–H groups in total. The number of carbonyl (C=O) groups excluding carboxylic acids is 2. The highest BCUT2D eigenvalue weighted by molar-refractivity contribution is 6.30. The summed E-state index contributed by atoms with van der Waals surface area (Å²) in [5.74, 6) is 0.840. The van der Waals surface area contributed by atoms with Crippen LogP contribution in [-0.2, 0) is 11.2 Å². The van der Waals surface area contributed by atoms with E-state index in [1.54, 1.807) is 4.90 Å². The van der Waals surface area contributed by atoms with Gasteiger partial charge in [-0.25, -0.2) is 4.79 Å². The standard InChI is InChI=1S/C24H37ClN4O2/c1-18(2)17-29(22-11-15-28(16-12-22)24(26)31)21-9-13-27(14-10-21)23(30)8-5-19-3-6-20(25)7-4-19/h3-4,6-7,18,21-22H,5,8-17H2,1-2H3,(H2,26,31). The molecule has 3 amide bonds. The van der Waals surface area contributed by atoms with E-state index >= 15 is 0 Å². The maximum Gasteiger partial charge on any atom is 0.314 e. The zero-order valence-corrected chi connectivity index (χ0v) is 19.7. The first-order chi connectivity index (χ1) is 14.8. The van der Waals surface area contributed by atoms with Crippen LogP contribution in [-0.4, -0.2) is 71.4 Å². The van der Waals surface area contributed by atoms with Gasteiger partial charge in [-0.3, -0.25) is 9.69 Å². The molecule has 7 heteroatoms. The summed E-state index contributed by atoms with van der Waals surface area (Å²) in [6.07, 6.45) is 5.32. The second kappa shape index (κ2) is 11.2. The molecule has 0 bridgehead atoms. The molecule has 1 aromatic carbocycles. The van der Waals surface area contributed by atoms with Crippen LogP contribution in [0, 0.1) is 5.92 Å². The van der Waals surface area contributed by atoms with Gasteiger partial charge in [0.1, 0.15) is 0 Å². The van der Waals surface area contributed by atoms with Crippen LogP contribution in [0.1, 0.15) is 51.5 Å². The van der Waals surface area contributed by atoms with Crippen LogP contribution in [0.15, 0.2) is 24.3 Å². The Balaban J connectivity index is 1.50. The van der Waals surface area contributed by atoms with Crippen LogP contribution in [0.2, 0.25) is 5.02 Å². The molecule has 2 saturated heterocycles. The highest BCUT2D eigenvalue weighted by Gasteiger charge is 2.33. The van der Waals surface area contributed by atoms with E-state index in [0.717, 1.165) is 75.4 Å². The Labute approximate surface area is 191 Å². The zero-order chi connectivity index (χ0) is 22.4. The second-order valence-electron chi connectivity index (χ2n) is 9.39. The third-order valence-electron chi connectivity index (χ3n) is 6.65. The zero-order valence-electron chi connectivity index (χ0n) is 18.9. The van der Waals surface area contributed by atoms with Gasteiger partial charge in [-0.2, -0.15) is 0 Å². The molecular formula is C24H37ClN4O2. The minimum Gasteiger partial charge on any atom is -0.351 e. The Bertz CT molecular complexity index is 724. The first kappa shape index (κ1) is 23.9. The van der Waals surface area contributed by atoms with Crippen LogP contribution >= 0.6 is 11.6 Å². The van der Waals surface area contributed by atoms with Crippen molar-refractivity contribution in [2.24, 2.45) is 11.7 Å². The topological polar surface area (TPSA) is 69.9 Å². The number of aryl methyl sites for hydroxylation is 1. The van der Waals surface area contributed by atoms with Gasteiger partial charge in [-0.15, -0.1) is 0 Å². The molecule has 0 spiro atoms. The lowest BCUT2D eigenvalue weighted by Gasteiger charge is -2.45. The van der Waals surface area contributed by atoms with Crippen molar-refractivity contribution < 1.29 is 9.59 Å². The number of rotatable bonds is 7. The number of urea groups is 1. The molecule has 3 rings (SSSR count). The number of hydrogen-bond acceptors (Lipinski definition) is 3. The largest absolute Gasteiger partial charge is 0.351 e. The van der Waals surface area contributed by atoms with Crippen LogP contribution in [0.5, 0.6) is 0 Å². The number of nitrogens with two attached hydrogens (primary N) is 1. The summed E-state index contributed by atoms with van der Waals surface area (Å²) in [5.41, 5.74) is 6.61. The Kier molecular flexibility index (Phi) is 8.61. The number of primary amides is 1. The fraction of sp³-hybridized carbons (Fsp3) is 0.667. The normalized spacial score (nSPS) is 18.7. The summed E-state index contributed by atoms with van der Waals surface area (Å²) in [4.78, 5) is 30.6. The smallest absolute Gasteiger partial charge is 0.314 e. The minimum atomic E-state index is -0.306. The average molecular weight is 449 g/mol. The summed E-state index contributed by atoms with van der Waals surface area (Å²) in [5, 5.41) is 0.725. The molecule has 0 aromatic heterocycles. The van der Waals surface area contributed by atoms with E-state index in [1.165, 1.54) is 0 Å². The summed E-state index contributed by atoms with van der Waals surface area (Å²) in [7, 11) is 0. The third kappa shape index (κ3) is 6.84. The number of carbonyl (C=O) groups is 2. The van der Waals surface area contributed by atoms with Crippen LogP contribution in [0.3, 0.4) is 0 Å². The molecular weight excluding hydrogens is 412 g/mol. The molecule has 0 saturated carbocycles. The summed E-state index contributed by atoms with van der Waals surface area (Å²) >= 11 is 5.94. The molecule has 2 aliphatic heterocycles. The second-order valence-corrected chi connectivity index (χ2v) is 9.82. The van der Waals surface area contributed by atoms with Crippen molar-refractivity contribution in [3.05, 3.63) is 34.9 Å². The van der Waals surface area contributed by atoms with Crippen molar-refractivity contribution in [3.8, 4) is 0 Å². The van der Waals surface area contributed by atoms with Crippen molar-refractivity contribution in [2.75, 3.05) is 32.7 Å². The van der Waals surface area contributed by atoms with Crippen LogP contribution in [0.4, 0.5) is 4.79 Å². The fourth-order valence-corrected chi connectivity index (χ4v) is 5.07. The molecule has 1 aromatic rings. The van der Waals surface area contributed by atoms with Gasteiger partial charge >= 0.3 is 6.03 Å². The third-order valence-corrected chi connectivity index (χ3v) is 6.90. The highest BCUT2D eigenvalue weighted by Crippen LogP contribution is 2.26. The number of hydrogen-bond donors (Lipinski definition) is 1. The summed E-state index contributed by atoms with van der Waals surface area (Å²) in [6.45, 7) is 8.75. The number of benzene rings is 1. The first-order valence-electron chi connectivity index (χ1n) is 11.7. The number of nitrogens with zero attached hydrogens (tertiary/aromatic N) is 3. The fourth-order valence-electron chi connectivity index (χ4n) is 4.94. The quantitative estimate of drug-likeness (QED) is 0.690. The van der Waals surface area contributed by atoms with E-state index in [4.69, 9.17) is 17.3 Å². The predicted octanol–water partition coefficient (Wildman–Crippen LogP) is 3.76. The molecule has 172 valence electrons. The summed E-state index contributed by atoms with van der Waals surface area (Å²) < 4.78 is 0. The van der Waals surface area contributed by atoms with Gasteiger partial charge in [0.05, 0.1) is 0 Å². The van der Waals surface area contributed by atoms with Gasteiger partial charge in [-0.05, 0) is 55.7 Å². The lowest BCUT2D eigenvalue weighted by atomic mass is 9.95. The van der Waals surface area contributed by atoms with Crippen LogP contribution in [0.25, 0.3) is 0 Å². The van der Waals surface area contributed by atoms with Crippen LogP contribution < -0.4 is 5.73 Å². The molecule has 6 nitrogen and oxygen atoms in total. The lowest BCUT2D eigenvalue weighted by Crippen LogP contribution is -2.54. The molecule has 0 atom stereocenters. The van der Waals surface area contributed by atoms with E-state index in [-0.39, 0.29) is 11.9 Å². The van der Waals surface area contributed by atoms with Crippen molar-refractivity contribution in [2.45, 2.75) is 64.5 Å². The predicted molar refractivity (Wildman–Crippen MR) is 125 cm³/mol. The Morgan fingerprint density at radius 3 is 2.00 bits per heavy atom. The summed E-state index contributed by atoms with van der Waals surface area (Å²) in [6, 6.07) is 8.45.